The Bertz CT molecular complexity index is 457. The molecule has 1 amide bonds. The summed E-state index contributed by atoms with van der Waals surface area (Å²) in [5.74, 6) is -0.627. The normalized spacial score (nSPS) is 10.0. The van der Waals surface area contributed by atoms with Gasteiger partial charge in [-0.05, 0) is 37.1 Å². The van der Waals surface area contributed by atoms with Crippen molar-refractivity contribution in [1.29, 1.82) is 0 Å². The quantitative estimate of drug-likeness (QED) is 0.739. The van der Waals surface area contributed by atoms with Crippen molar-refractivity contribution in [3.05, 3.63) is 29.3 Å². The Hall–Kier alpha value is -2.04. The van der Waals surface area contributed by atoms with E-state index in [1.807, 2.05) is 0 Å². The monoisotopic (exact) mass is 265 g/mol. The first-order valence-electron chi connectivity index (χ1n) is 6.28. The van der Waals surface area contributed by atoms with Gasteiger partial charge in [-0.3, -0.25) is 4.79 Å². The standard InChI is InChI=1S/C14H19NO4/c1-3-4-7-15-13(16)9-19-12-6-5-11(14(17)18)8-10(12)2/h5-6,8H,3-4,7,9H2,1-2H3,(H,15,16)(H,17,18). The Morgan fingerprint density at radius 1 is 1.37 bits per heavy atom. The second-order valence-corrected chi connectivity index (χ2v) is 4.28. The number of hydrogen-bond donors (Lipinski definition) is 2. The second kappa shape index (κ2) is 7.41. The maximum absolute atomic E-state index is 11.4. The first-order valence-corrected chi connectivity index (χ1v) is 6.28. The number of carboxylic acid groups (broad SMARTS) is 1. The number of unbranched alkanes of at least 4 members (excludes halogenated alkanes) is 1. The Morgan fingerprint density at radius 2 is 2.11 bits per heavy atom. The molecule has 0 heterocycles. The molecule has 1 rings (SSSR count). The topological polar surface area (TPSA) is 75.6 Å². The summed E-state index contributed by atoms with van der Waals surface area (Å²) in [7, 11) is 0. The van der Waals surface area contributed by atoms with Gasteiger partial charge in [0.1, 0.15) is 5.75 Å². The van der Waals surface area contributed by atoms with E-state index in [9.17, 15) is 9.59 Å². The van der Waals surface area contributed by atoms with Gasteiger partial charge in [-0.1, -0.05) is 13.3 Å². The van der Waals surface area contributed by atoms with Crippen LogP contribution in [0.4, 0.5) is 0 Å². The highest BCUT2D eigenvalue weighted by molar-refractivity contribution is 5.88. The van der Waals surface area contributed by atoms with E-state index in [0.29, 0.717) is 17.9 Å². The molecule has 0 fully saturated rings. The molecule has 0 saturated carbocycles. The number of carbonyl (C=O) groups is 2. The lowest BCUT2D eigenvalue weighted by Crippen LogP contribution is -2.29. The summed E-state index contributed by atoms with van der Waals surface area (Å²) in [5.41, 5.74) is 0.901. The molecule has 104 valence electrons. The minimum atomic E-state index is -0.980. The molecule has 0 aliphatic heterocycles. The summed E-state index contributed by atoms with van der Waals surface area (Å²) in [6.07, 6.45) is 1.97. The number of nitrogens with one attached hydrogen (secondary N) is 1. The smallest absolute Gasteiger partial charge is 0.335 e. The third-order valence-electron chi connectivity index (χ3n) is 2.63. The van der Waals surface area contributed by atoms with Crippen LogP contribution in [0, 0.1) is 6.92 Å². The van der Waals surface area contributed by atoms with E-state index in [1.54, 1.807) is 13.0 Å². The highest BCUT2D eigenvalue weighted by Crippen LogP contribution is 2.19. The van der Waals surface area contributed by atoms with Gasteiger partial charge >= 0.3 is 5.97 Å². The summed E-state index contributed by atoms with van der Waals surface area (Å²) in [6.45, 7) is 4.39. The number of benzene rings is 1. The number of aromatic carboxylic acids is 1. The molecular formula is C14H19NO4. The fourth-order valence-electron chi connectivity index (χ4n) is 1.54. The van der Waals surface area contributed by atoms with E-state index in [1.165, 1.54) is 12.1 Å². The molecule has 0 radical (unpaired) electrons. The van der Waals surface area contributed by atoms with E-state index in [-0.39, 0.29) is 18.1 Å². The van der Waals surface area contributed by atoms with E-state index in [2.05, 4.69) is 12.2 Å². The Kier molecular flexibility index (Phi) is 5.85. The average Bonchev–Trinajstić information content (AvgIpc) is 2.37. The maximum Gasteiger partial charge on any atom is 0.335 e. The largest absolute Gasteiger partial charge is 0.484 e. The Labute approximate surface area is 112 Å². The third-order valence-corrected chi connectivity index (χ3v) is 2.63. The Morgan fingerprint density at radius 3 is 2.68 bits per heavy atom. The predicted molar refractivity (Wildman–Crippen MR) is 71.6 cm³/mol. The number of rotatable bonds is 7. The first kappa shape index (κ1) is 15.0. The number of amides is 1. The number of carboxylic acids is 1. The number of aryl methyl sites for hydroxylation is 1. The fraction of sp³-hybridized carbons (Fsp3) is 0.429. The van der Waals surface area contributed by atoms with E-state index < -0.39 is 5.97 Å². The van der Waals surface area contributed by atoms with Crippen LogP contribution >= 0.6 is 0 Å². The first-order chi connectivity index (χ1) is 9.04. The summed E-state index contributed by atoms with van der Waals surface area (Å²) < 4.78 is 5.36. The molecule has 1 aromatic carbocycles. The molecule has 0 saturated heterocycles. The minimum absolute atomic E-state index is 0.0586. The van der Waals surface area contributed by atoms with Crippen LogP contribution in [0.3, 0.4) is 0 Å². The third kappa shape index (κ3) is 4.99. The number of hydrogen-bond acceptors (Lipinski definition) is 3. The van der Waals surface area contributed by atoms with E-state index in [0.717, 1.165) is 12.8 Å². The van der Waals surface area contributed by atoms with Crippen LogP contribution in [0.1, 0.15) is 35.7 Å². The van der Waals surface area contributed by atoms with Gasteiger partial charge in [-0.25, -0.2) is 4.79 Å². The van der Waals surface area contributed by atoms with Gasteiger partial charge in [0.15, 0.2) is 6.61 Å². The molecule has 0 aliphatic carbocycles. The molecule has 0 bridgehead atoms. The lowest BCUT2D eigenvalue weighted by molar-refractivity contribution is -0.123. The minimum Gasteiger partial charge on any atom is -0.484 e. The molecule has 0 spiro atoms. The van der Waals surface area contributed by atoms with E-state index >= 15 is 0 Å². The van der Waals surface area contributed by atoms with Crippen LogP contribution in [0.2, 0.25) is 0 Å². The molecule has 0 unspecified atom stereocenters. The van der Waals surface area contributed by atoms with Crippen LogP contribution in [0.5, 0.6) is 5.75 Å². The van der Waals surface area contributed by atoms with Crippen LogP contribution in [0.25, 0.3) is 0 Å². The van der Waals surface area contributed by atoms with Crippen LogP contribution in [-0.4, -0.2) is 30.1 Å². The van der Waals surface area contributed by atoms with Crippen molar-refractivity contribution in [1.82, 2.24) is 5.32 Å². The van der Waals surface area contributed by atoms with Crippen LogP contribution < -0.4 is 10.1 Å². The molecule has 5 nitrogen and oxygen atoms in total. The Balaban J connectivity index is 2.49. The van der Waals surface area contributed by atoms with Crippen molar-refractivity contribution in [3.8, 4) is 5.75 Å². The van der Waals surface area contributed by atoms with Crippen LogP contribution in [0.15, 0.2) is 18.2 Å². The van der Waals surface area contributed by atoms with Crippen LogP contribution in [-0.2, 0) is 4.79 Å². The van der Waals surface area contributed by atoms with Crippen molar-refractivity contribution in [2.24, 2.45) is 0 Å². The second-order valence-electron chi connectivity index (χ2n) is 4.28. The summed E-state index contributed by atoms with van der Waals surface area (Å²) in [6, 6.07) is 4.55. The molecule has 2 N–H and O–H groups in total. The van der Waals surface area contributed by atoms with Crippen molar-refractivity contribution < 1.29 is 19.4 Å². The zero-order valence-corrected chi connectivity index (χ0v) is 11.2. The summed E-state index contributed by atoms with van der Waals surface area (Å²) in [4.78, 5) is 22.2. The zero-order valence-electron chi connectivity index (χ0n) is 11.2. The summed E-state index contributed by atoms with van der Waals surface area (Å²) >= 11 is 0. The van der Waals surface area contributed by atoms with Gasteiger partial charge in [0.2, 0.25) is 0 Å². The molecule has 0 aliphatic rings. The van der Waals surface area contributed by atoms with Gasteiger partial charge in [-0.15, -0.1) is 0 Å². The van der Waals surface area contributed by atoms with Gasteiger partial charge in [0.05, 0.1) is 5.56 Å². The SMILES string of the molecule is CCCCNC(=O)COc1ccc(C(=O)O)cc1C. The molecule has 19 heavy (non-hydrogen) atoms. The molecule has 5 heteroatoms. The van der Waals surface area contributed by atoms with Crippen molar-refractivity contribution in [2.45, 2.75) is 26.7 Å². The molecular weight excluding hydrogens is 246 g/mol. The fourth-order valence-corrected chi connectivity index (χ4v) is 1.54. The zero-order chi connectivity index (χ0) is 14.3. The lowest BCUT2D eigenvalue weighted by atomic mass is 10.1. The summed E-state index contributed by atoms with van der Waals surface area (Å²) in [5, 5.41) is 11.6. The highest BCUT2D eigenvalue weighted by Gasteiger charge is 2.08. The van der Waals surface area contributed by atoms with E-state index in [4.69, 9.17) is 9.84 Å². The lowest BCUT2D eigenvalue weighted by Gasteiger charge is -2.10. The van der Waals surface area contributed by atoms with Gasteiger partial charge in [0, 0.05) is 6.54 Å². The maximum atomic E-state index is 11.4. The number of ether oxygens (including phenoxy) is 1. The molecule has 1 aromatic rings. The molecule has 0 atom stereocenters. The van der Waals surface area contributed by atoms with Gasteiger partial charge in [-0.2, -0.15) is 0 Å². The number of carbonyl (C=O) groups excluding carboxylic acids is 1. The predicted octanol–water partition coefficient (Wildman–Crippen LogP) is 1.99. The highest BCUT2D eigenvalue weighted by atomic mass is 16.5. The van der Waals surface area contributed by atoms with Gasteiger partial charge in [0.25, 0.3) is 5.91 Å². The molecule has 0 aromatic heterocycles. The van der Waals surface area contributed by atoms with Gasteiger partial charge < -0.3 is 15.2 Å². The van der Waals surface area contributed by atoms with Crippen molar-refractivity contribution >= 4 is 11.9 Å². The average molecular weight is 265 g/mol. The van der Waals surface area contributed by atoms with Crippen molar-refractivity contribution in [3.63, 3.8) is 0 Å². The van der Waals surface area contributed by atoms with Crippen molar-refractivity contribution in [2.75, 3.05) is 13.2 Å².